The summed E-state index contributed by atoms with van der Waals surface area (Å²) in [6, 6.07) is 4.05. The second kappa shape index (κ2) is 6.95. The zero-order chi connectivity index (χ0) is 21.2. The molecule has 0 bridgehead atoms. The van der Waals surface area contributed by atoms with Crippen molar-refractivity contribution in [3.05, 3.63) is 40.3 Å². The van der Waals surface area contributed by atoms with Gasteiger partial charge in [0.15, 0.2) is 0 Å². The lowest BCUT2D eigenvalue weighted by atomic mass is 9.89. The number of hydrogen-bond donors (Lipinski definition) is 3. The monoisotopic (exact) mass is 432 g/mol. The van der Waals surface area contributed by atoms with Crippen LogP contribution in [0.5, 0.6) is 0 Å². The van der Waals surface area contributed by atoms with Gasteiger partial charge in [-0.2, -0.15) is 5.10 Å². The van der Waals surface area contributed by atoms with Gasteiger partial charge in [-0.25, -0.2) is 4.39 Å². The van der Waals surface area contributed by atoms with Gasteiger partial charge in [0.25, 0.3) is 5.91 Å². The average Bonchev–Trinajstić information content (AvgIpc) is 3.33. The molecule has 0 saturated heterocycles. The Labute approximate surface area is 179 Å². The summed E-state index contributed by atoms with van der Waals surface area (Å²) in [6.07, 6.45) is 5.84. The van der Waals surface area contributed by atoms with Crippen LogP contribution < -0.4 is 11.1 Å². The lowest BCUT2D eigenvalue weighted by molar-refractivity contribution is 0.0157. The number of amides is 1. The summed E-state index contributed by atoms with van der Waals surface area (Å²) in [5.41, 5.74) is 7.21. The first-order chi connectivity index (χ1) is 14.2. The fourth-order valence-corrected chi connectivity index (χ4v) is 5.91. The van der Waals surface area contributed by atoms with Gasteiger partial charge in [-0.1, -0.05) is 11.6 Å². The largest absolute Gasteiger partial charge is 0.390 e. The number of halogens is 2. The predicted octanol–water partition coefficient (Wildman–Crippen LogP) is 4.09. The van der Waals surface area contributed by atoms with Gasteiger partial charge in [0.1, 0.15) is 17.2 Å². The number of nitrogen functional groups attached to an aromatic ring is 1. The Morgan fingerprint density at radius 3 is 2.60 bits per heavy atom. The van der Waals surface area contributed by atoms with Crippen LogP contribution in [0.25, 0.3) is 0 Å². The number of benzene rings is 1. The molecule has 3 aliphatic carbocycles. The molecule has 1 aromatic carbocycles. The van der Waals surface area contributed by atoms with Gasteiger partial charge in [-0.15, -0.1) is 0 Å². The minimum absolute atomic E-state index is 0.0565. The molecule has 3 aliphatic rings. The van der Waals surface area contributed by atoms with Gasteiger partial charge < -0.3 is 16.2 Å². The van der Waals surface area contributed by atoms with Gasteiger partial charge >= 0.3 is 0 Å². The molecule has 2 aromatic rings. The Kier molecular flexibility index (Phi) is 4.59. The third kappa shape index (κ3) is 3.28. The Bertz CT molecular complexity index is 1000. The molecule has 0 radical (unpaired) electrons. The molecule has 6 nitrogen and oxygen atoms in total. The minimum Gasteiger partial charge on any atom is -0.390 e. The number of carbonyl (C=O) groups is 1. The summed E-state index contributed by atoms with van der Waals surface area (Å²) in [7, 11) is 1.73. The standard InChI is InChI=1S/C22H26ClFN4O2/c1-28-20(25)18(21(29)26-15-4-5-17(24)16(23)8-15)19(27-28)11-6-12-9-22(30,14-2-3-14)10-13(12)7-11/h4-5,8,11-14,30H,2-3,6-7,9-10,25H2,1H3,(H,26,29). The number of rotatable bonds is 4. The van der Waals surface area contributed by atoms with Crippen LogP contribution in [0.1, 0.15) is 60.5 Å². The van der Waals surface area contributed by atoms with Crippen LogP contribution in [0.15, 0.2) is 18.2 Å². The number of fused-ring (bicyclic) bond motifs is 1. The van der Waals surface area contributed by atoms with Crippen molar-refractivity contribution >= 4 is 29.0 Å². The predicted molar refractivity (Wildman–Crippen MR) is 113 cm³/mol. The molecular formula is C22H26ClFN4O2. The van der Waals surface area contributed by atoms with Gasteiger partial charge in [-0.05, 0) is 74.5 Å². The normalized spacial score (nSPS) is 30.5. The van der Waals surface area contributed by atoms with Gasteiger partial charge in [0.05, 0.1) is 16.3 Å². The molecule has 3 fully saturated rings. The molecule has 1 aromatic heterocycles. The molecule has 5 rings (SSSR count). The Hall–Kier alpha value is -2.12. The Morgan fingerprint density at radius 2 is 2.00 bits per heavy atom. The summed E-state index contributed by atoms with van der Waals surface area (Å²) in [6.45, 7) is 0. The fourth-order valence-electron chi connectivity index (χ4n) is 5.73. The summed E-state index contributed by atoms with van der Waals surface area (Å²) in [5, 5.41) is 18.2. The molecule has 1 heterocycles. The quantitative estimate of drug-likeness (QED) is 0.678. The number of aryl methyl sites for hydroxylation is 1. The third-order valence-electron chi connectivity index (χ3n) is 7.32. The number of aliphatic hydroxyl groups is 1. The first kappa shape index (κ1) is 19.8. The van der Waals surface area contributed by atoms with Crippen LogP contribution in [0.4, 0.5) is 15.9 Å². The summed E-state index contributed by atoms with van der Waals surface area (Å²) in [4.78, 5) is 13.0. The maximum Gasteiger partial charge on any atom is 0.261 e. The first-order valence-corrected chi connectivity index (χ1v) is 10.9. The lowest BCUT2D eigenvalue weighted by Gasteiger charge is -2.24. The minimum atomic E-state index is -0.542. The van der Waals surface area contributed by atoms with E-state index in [1.54, 1.807) is 7.05 Å². The molecule has 4 N–H and O–H groups in total. The van der Waals surface area contributed by atoms with Gasteiger partial charge in [0.2, 0.25) is 0 Å². The number of nitrogens with one attached hydrogen (secondary N) is 1. The number of aromatic nitrogens is 2. The summed E-state index contributed by atoms with van der Waals surface area (Å²) >= 11 is 5.83. The van der Waals surface area contributed by atoms with Crippen molar-refractivity contribution < 1.29 is 14.3 Å². The maximum absolute atomic E-state index is 13.4. The zero-order valence-electron chi connectivity index (χ0n) is 16.9. The Balaban J connectivity index is 1.36. The number of carbonyl (C=O) groups excluding carboxylic acids is 1. The van der Waals surface area contributed by atoms with Gasteiger partial charge in [0, 0.05) is 18.7 Å². The second-order valence-corrected chi connectivity index (χ2v) is 9.73. The van der Waals surface area contributed by atoms with Crippen LogP contribution in [0, 0.1) is 23.6 Å². The van der Waals surface area contributed by atoms with Crippen molar-refractivity contribution in [1.82, 2.24) is 9.78 Å². The van der Waals surface area contributed by atoms with E-state index in [-0.39, 0.29) is 16.8 Å². The molecule has 0 spiro atoms. The number of nitrogens with zero attached hydrogens (tertiary/aromatic N) is 2. The van der Waals surface area contributed by atoms with E-state index in [1.165, 1.54) is 22.9 Å². The summed E-state index contributed by atoms with van der Waals surface area (Å²) < 4.78 is 15.0. The van der Waals surface area contributed by atoms with E-state index >= 15 is 0 Å². The van der Waals surface area contributed by atoms with Crippen molar-refractivity contribution in [2.45, 2.75) is 50.0 Å². The molecule has 1 amide bonds. The topological polar surface area (TPSA) is 93.2 Å². The van der Waals surface area contributed by atoms with Crippen LogP contribution in [0.2, 0.25) is 5.02 Å². The lowest BCUT2D eigenvalue weighted by Crippen LogP contribution is -2.28. The van der Waals surface area contributed by atoms with E-state index in [2.05, 4.69) is 10.4 Å². The van der Waals surface area contributed by atoms with E-state index in [9.17, 15) is 14.3 Å². The van der Waals surface area contributed by atoms with Crippen molar-refractivity contribution in [2.75, 3.05) is 11.1 Å². The van der Waals surface area contributed by atoms with Gasteiger partial charge in [-0.3, -0.25) is 9.48 Å². The highest BCUT2D eigenvalue weighted by Gasteiger charge is 2.55. The molecule has 30 heavy (non-hydrogen) atoms. The zero-order valence-corrected chi connectivity index (χ0v) is 17.6. The first-order valence-electron chi connectivity index (χ1n) is 10.6. The number of nitrogens with two attached hydrogens (primary N) is 1. The molecule has 8 heteroatoms. The molecule has 3 saturated carbocycles. The van der Waals surface area contributed by atoms with Crippen molar-refractivity contribution in [3.63, 3.8) is 0 Å². The highest BCUT2D eigenvalue weighted by molar-refractivity contribution is 6.31. The van der Waals surface area contributed by atoms with Crippen LogP contribution in [0.3, 0.4) is 0 Å². The maximum atomic E-state index is 13.4. The molecule has 0 aliphatic heterocycles. The highest BCUT2D eigenvalue weighted by Crippen LogP contribution is 2.59. The number of anilines is 2. The van der Waals surface area contributed by atoms with E-state index in [4.69, 9.17) is 17.3 Å². The van der Waals surface area contributed by atoms with Crippen molar-refractivity contribution in [2.24, 2.45) is 24.8 Å². The van der Waals surface area contributed by atoms with E-state index in [0.29, 0.717) is 40.5 Å². The number of hydrogen-bond acceptors (Lipinski definition) is 4. The van der Waals surface area contributed by atoms with Crippen LogP contribution in [-0.2, 0) is 7.05 Å². The molecule has 2 unspecified atom stereocenters. The second-order valence-electron chi connectivity index (χ2n) is 9.33. The van der Waals surface area contributed by atoms with Crippen molar-refractivity contribution in [1.29, 1.82) is 0 Å². The van der Waals surface area contributed by atoms with E-state index in [1.807, 2.05) is 0 Å². The fraction of sp³-hybridized carbons (Fsp3) is 0.545. The Morgan fingerprint density at radius 1 is 1.33 bits per heavy atom. The van der Waals surface area contributed by atoms with E-state index < -0.39 is 11.4 Å². The molecule has 160 valence electrons. The smallest absolute Gasteiger partial charge is 0.261 e. The SMILES string of the molecule is Cn1nc(C2CC3CC(O)(C4CC4)CC3C2)c(C(=O)Nc2ccc(F)c(Cl)c2)c1N. The van der Waals surface area contributed by atoms with Crippen LogP contribution in [-0.4, -0.2) is 26.4 Å². The van der Waals surface area contributed by atoms with Crippen molar-refractivity contribution in [3.8, 4) is 0 Å². The molecule has 2 atom stereocenters. The van der Waals surface area contributed by atoms with Crippen LogP contribution >= 0.6 is 11.6 Å². The summed E-state index contributed by atoms with van der Waals surface area (Å²) in [5.74, 6) is 0.957. The molecular weight excluding hydrogens is 407 g/mol. The van der Waals surface area contributed by atoms with E-state index in [0.717, 1.165) is 38.5 Å². The highest BCUT2D eigenvalue weighted by atomic mass is 35.5. The third-order valence-corrected chi connectivity index (χ3v) is 7.61. The average molecular weight is 433 g/mol.